The van der Waals surface area contributed by atoms with Gasteiger partial charge in [0.05, 0.1) is 4.92 Å². The standard InChI is InChI=1S/C20H20FN3O4/c1-13-17(3-2-4-18(13)24(27)28)20(26)23-11-9-16(10-12-23)22-19(25)14-5-7-15(21)8-6-14/h2-8,16H,9-12H2,1H3,(H,22,25). The van der Waals surface area contributed by atoms with Crippen LogP contribution in [0, 0.1) is 22.9 Å². The first-order valence-electron chi connectivity index (χ1n) is 8.96. The van der Waals surface area contributed by atoms with E-state index in [1.54, 1.807) is 17.9 Å². The zero-order chi connectivity index (χ0) is 20.3. The molecule has 1 aliphatic rings. The molecular weight excluding hydrogens is 365 g/mol. The number of likely N-dealkylation sites (tertiary alicyclic amines) is 1. The molecule has 3 rings (SSSR count). The molecule has 2 aromatic rings. The van der Waals surface area contributed by atoms with Crippen LogP contribution in [0.15, 0.2) is 42.5 Å². The largest absolute Gasteiger partial charge is 0.349 e. The molecule has 0 unspecified atom stereocenters. The van der Waals surface area contributed by atoms with E-state index in [9.17, 15) is 24.1 Å². The minimum Gasteiger partial charge on any atom is -0.349 e. The summed E-state index contributed by atoms with van der Waals surface area (Å²) in [5.74, 6) is -0.927. The third-order valence-electron chi connectivity index (χ3n) is 4.96. The lowest BCUT2D eigenvalue weighted by atomic mass is 10.0. The van der Waals surface area contributed by atoms with Crippen molar-refractivity contribution in [3.8, 4) is 0 Å². The molecule has 1 fully saturated rings. The Labute approximate surface area is 161 Å². The van der Waals surface area contributed by atoms with Crippen molar-refractivity contribution < 1.29 is 18.9 Å². The highest BCUT2D eigenvalue weighted by Gasteiger charge is 2.27. The zero-order valence-corrected chi connectivity index (χ0v) is 15.4. The number of hydrogen-bond acceptors (Lipinski definition) is 4. The Morgan fingerprint density at radius 1 is 1.14 bits per heavy atom. The maximum atomic E-state index is 13.0. The van der Waals surface area contributed by atoms with E-state index in [4.69, 9.17) is 0 Å². The fourth-order valence-corrected chi connectivity index (χ4v) is 3.32. The van der Waals surface area contributed by atoms with Crippen molar-refractivity contribution in [2.24, 2.45) is 0 Å². The number of halogens is 1. The maximum Gasteiger partial charge on any atom is 0.273 e. The molecule has 8 heteroatoms. The molecule has 146 valence electrons. The first-order chi connectivity index (χ1) is 13.4. The summed E-state index contributed by atoms with van der Waals surface area (Å²) in [6.07, 6.45) is 1.15. The lowest BCUT2D eigenvalue weighted by molar-refractivity contribution is -0.385. The van der Waals surface area contributed by atoms with Gasteiger partial charge in [-0.05, 0) is 50.1 Å². The van der Waals surface area contributed by atoms with Gasteiger partial charge in [-0.25, -0.2) is 4.39 Å². The molecule has 28 heavy (non-hydrogen) atoms. The fraction of sp³-hybridized carbons (Fsp3) is 0.300. The second-order valence-corrected chi connectivity index (χ2v) is 6.75. The van der Waals surface area contributed by atoms with Gasteiger partial charge in [0.1, 0.15) is 5.82 Å². The van der Waals surface area contributed by atoms with Gasteiger partial charge < -0.3 is 10.2 Å². The van der Waals surface area contributed by atoms with Gasteiger partial charge in [0.15, 0.2) is 0 Å². The molecule has 0 aromatic heterocycles. The quantitative estimate of drug-likeness (QED) is 0.647. The normalized spacial score (nSPS) is 14.6. The molecule has 1 saturated heterocycles. The number of piperidine rings is 1. The van der Waals surface area contributed by atoms with E-state index in [2.05, 4.69) is 5.32 Å². The predicted molar refractivity (Wildman–Crippen MR) is 101 cm³/mol. The van der Waals surface area contributed by atoms with Gasteiger partial charge in [0.2, 0.25) is 0 Å². The van der Waals surface area contributed by atoms with Gasteiger partial charge in [0, 0.05) is 41.9 Å². The Balaban J connectivity index is 1.60. The predicted octanol–water partition coefficient (Wildman–Crippen LogP) is 3.08. The summed E-state index contributed by atoms with van der Waals surface area (Å²) in [6.45, 7) is 2.45. The van der Waals surface area contributed by atoms with Crippen LogP contribution in [-0.4, -0.2) is 40.8 Å². The van der Waals surface area contributed by atoms with Gasteiger partial charge in [-0.2, -0.15) is 0 Å². The summed E-state index contributed by atoms with van der Waals surface area (Å²) in [7, 11) is 0. The number of nitrogens with zero attached hydrogens (tertiary/aromatic N) is 2. The number of carbonyl (C=O) groups excluding carboxylic acids is 2. The van der Waals surface area contributed by atoms with Crippen LogP contribution in [0.5, 0.6) is 0 Å². The van der Waals surface area contributed by atoms with Gasteiger partial charge in [-0.15, -0.1) is 0 Å². The summed E-state index contributed by atoms with van der Waals surface area (Å²) in [4.78, 5) is 37.2. The highest BCUT2D eigenvalue weighted by atomic mass is 19.1. The summed E-state index contributed by atoms with van der Waals surface area (Å²) >= 11 is 0. The van der Waals surface area contributed by atoms with Crippen LogP contribution >= 0.6 is 0 Å². The molecule has 1 N–H and O–H groups in total. The first-order valence-corrected chi connectivity index (χ1v) is 8.96. The van der Waals surface area contributed by atoms with Crippen molar-refractivity contribution in [1.29, 1.82) is 0 Å². The number of hydrogen-bond donors (Lipinski definition) is 1. The van der Waals surface area contributed by atoms with E-state index in [1.807, 2.05) is 0 Å². The van der Waals surface area contributed by atoms with Crippen LogP contribution < -0.4 is 5.32 Å². The summed E-state index contributed by atoms with van der Waals surface area (Å²) < 4.78 is 13.0. The molecule has 1 heterocycles. The van der Waals surface area contributed by atoms with E-state index in [0.717, 1.165) is 0 Å². The molecule has 0 saturated carbocycles. The van der Waals surface area contributed by atoms with Crippen molar-refractivity contribution in [3.05, 3.63) is 75.1 Å². The molecule has 0 aliphatic carbocycles. The van der Waals surface area contributed by atoms with E-state index in [0.29, 0.717) is 42.6 Å². The highest BCUT2D eigenvalue weighted by molar-refractivity contribution is 5.97. The lowest BCUT2D eigenvalue weighted by Crippen LogP contribution is -2.46. The minimum absolute atomic E-state index is 0.0766. The minimum atomic E-state index is -0.497. The van der Waals surface area contributed by atoms with Gasteiger partial charge >= 0.3 is 0 Å². The number of nitro benzene ring substituents is 1. The SMILES string of the molecule is Cc1c(C(=O)N2CCC(NC(=O)c3ccc(F)cc3)CC2)cccc1[N+](=O)[O-]. The van der Waals surface area contributed by atoms with E-state index in [1.165, 1.54) is 36.4 Å². The molecule has 0 atom stereocenters. The average Bonchev–Trinajstić information content (AvgIpc) is 2.68. The number of carbonyl (C=O) groups is 2. The van der Waals surface area contributed by atoms with E-state index >= 15 is 0 Å². The molecule has 1 aliphatic heterocycles. The van der Waals surface area contributed by atoms with Crippen molar-refractivity contribution >= 4 is 17.5 Å². The summed E-state index contributed by atoms with van der Waals surface area (Å²) in [5, 5.41) is 14.0. The van der Waals surface area contributed by atoms with E-state index < -0.39 is 10.7 Å². The molecule has 0 radical (unpaired) electrons. The number of nitrogens with one attached hydrogen (secondary N) is 1. The average molecular weight is 385 g/mol. The van der Waals surface area contributed by atoms with Gasteiger partial charge in [0.25, 0.3) is 17.5 Å². The Hall–Kier alpha value is -3.29. The number of amides is 2. The molecular formula is C20H20FN3O4. The topological polar surface area (TPSA) is 92.6 Å². The molecule has 0 spiro atoms. The van der Waals surface area contributed by atoms with Crippen LogP contribution in [0.2, 0.25) is 0 Å². The van der Waals surface area contributed by atoms with Crippen LogP contribution in [0.1, 0.15) is 39.1 Å². The Morgan fingerprint density at radius 3 is 2.39 bits per heavy atom. The molecule has 2 aromatic carbocycles. The second kappa shape index (κ2) is 8.16. The Morgan fingerprint density at radius 2 is 1.79 bits per heavy atom. The van der Waals surface area contributed by atoms with Crippen LogP contribution in [0.4, 0.5) is 10.1 Å². The maximum absolute atomic E-state index is 13.0. The smallest absolute Gasteiger partial charge is 0.273 e. The van der Waals surface area contributed by atoms with Crippen LogP contribution in [0.3, 0.4) is 0 Å². The first kappa shape index (κ1) is 19.5. The Kier molecular flexibility index (Phi) is 5.67. The second-order valence-electron chi connectivity index (χ2n) is 6.75. The van der Waals surface area contributed by atoms with Crippen LogP contribution in [0.25, 0.3) is 0 Å². The third kappa shape index (κ3) is 4.16. The number of nitro groups is 1. The number of rotatable bonds is 4. The lowest BCUT2D eigenvalue weighted by Gasteiger charge is -2.32. The van der Waals surface area contributed by atoms with Crippen molar-refractivity contribution in [2.45, 2.75) is 25.8 Å². The fourth-order valence-electron chi connectivity index (χ4n) is 3.32. The summed E-state index contributed by atoms with van der Waals surface area (Å²) in [6, 6.07) is 9.70. The van der Waals surface area contributed by atoms with Crippen molar-refractivity contribution in [3.63, 3.8) is 0 Å². The molecule has 2 amide bonds. The molecule has 0 bridgehead atoms. The van der Waals surface area contributed by atoms with Crippen molar-refractivity contribution in [2.75, 3.05) is 13.1 Å². The third-order valence-corrected chi connectivity index (χ3v) is 4.96. The van der Waals surface area contributed by atoms with Crippen molar-refractivity contribution in [1.82, 2.24) is 10.2 Å². The summed E-state index contributed by atoms with van der Waals surface area (Å²) in [5.41, 5.74) is 0.978. The van der Waals surface area contributed by atoms with E-state index in [-0.39, 0.29) is 23.5 Å². The molecule has 7 nitrogen and oxygen atoms in total. The van der Waals surface area contributed by atoms with Gasteiger partial charge in [-0.3, -0.25) is 19.7 Å². The van der Waals surface area contributed by atoms with Gasteiger partial charge in [-0.1, -0.05) is 6.07 Å². The number of benzene rings is 2. The Bertz CT molecular complexity index is 906. The zero-order valence-electron chi connectivity index (χ0n) is 15.4. The monoisotopic (exact) mass is 385 g/mol. The van der Waals surface area contributed by atoms with Crippen LogP contribution in [-0.2, 0) is 0 Å². The highest BCUT2D eigenvalue weighted by Crippen LogP contribution is 2.23.